The van der Waals surface area contributed by atoms with Crippen molar-refractivity contribution in [3.63, 3.8) is 0 Å². The number of carbonyl (C=O) groups is 1. The zero-order valence-electron chi connectivity index (χ0n) is 14.1. The van der Waals surface area contributed by atoms with Gasteiger partial charge in [0.2, 0.25) is 5.91 Å². The van der Waals surface area contributed by atoms with Gasteiger partial charge >= 0.3 is 0 Å². The van der Waals surface area contributed by atoms with Crippen LogP contribution in [0.3, 0.4) is 0 Å². The van der Waals surface area contributed by atoms with Gasteiger partial charge in [0.1, 0.15) is 6.54 Å². The summed E-state index contributed by atoms with van der Waals surface area (Å²) < 4.78 is 1.34. The van der Waals surface area contributed by atoms with Crippen molar-refractivity contribution in [1.29, 1.82) is 0 Å². The summed E-state index contributed by atoms with van der Waals surface area (Å²) in [6, 6.07) is 8.81. The Morgan fingerprint density at radius 3 is 2.48 bits per heavy atom. The summed E-state index contributed by atoms with van der Waals surface area (Å²) in [4.78, 5) is 28.8. The van der Waals surface area contributed by atoms with Gasteiger partial charge in [-0.05, 0) is 25.0 Å². The van der Waals surface area contributed by atoms with Crippen LogP contribution in [-0.4, -0.2) is 21.5 Å². The van der Waals surface area contributed by atoms with E-state index in [0.717, 1.165) is 31.2 Å². The molecular formula is C19H22ClN3O2. The first-order chi connectivity index (χ1) is 12.1. The molecular weight excluding hydrogens is 338 g/mol. The number of hydrogen-bond donors (Lipinski definition) is 1. The minimum Gasteiger partial charge on any atom is -0.352 e. The number of amides is 1. The smallest absolute Gasteiger partial charge is 0.254 e. The summed E-state index contributed by atoms with van der Waals surface area (Å²) in [5, 5.41) is 3.68. The Morgan fingerprint density at radius 1 is 1.16 bits per heavy atom. The lowest BCUT2D eigenvalue weighted by Gasteiger charge is -2.16. The van der Waals surface area contributed by atoms with Gasteiger partial charge in [-0.3, -0.25) is 14.2 Å². The average molecular weight is 360 g/mol. The molecule has 3 rings (SSSR count). The Labute approximate surface area is 152 Å². The fraction of sp³-hybridized carbons (Fsp3) is 0.421. The van der Waals surface area contributed by atoms with Crippen molar-refractivity contribution < 1.29 is 4.79 Å². The van der Waals surface area contributed by atoms with Gasteiger partial charge < -0.3 is 5.32 Å². The highest BCUT2D eigenvalue weighted by Crippen LogP contribution is 2.18. The van der Waals surface area contributed by atoms with Crippen molar-refractivity contribution in [2.45, 2.75) is 51.1 Å². The molecule has 1 N–H and O–H groups in total. The number of nitrogens with one attached hydrogen (secondary N) is 1. The number of nitrogens with zero attached hydrogens (tertiary/aromatic N) is 2. The molecule has 0 bridgehead atoms. The predicted molar refractivity (Wildman–Crippen MR) is 98.6 cm³/mol. The lowest BCUT2D eigenvalue weighted by atomic mass is 10.1. The van der Waals surface area contributed by atoms with Crippen LogP contribution < -0.4 is 10.9 Å². The zero-order chi connectivity index (χ0) is 17.6. The highest BCUT2D eigenvalue weighted by atomic mass is 35.5. The molecule has 132 valence electrons. The Balaban J connectivity index is 1.65. The van der Waals surface area contributed by atoms with Gasteiger partial charge in [-0.1, -0.05) is 49.4 Å². The van der Waals surface area contributed by atoms with E-state index in [2.05, 4.69) is 10.3 Å². The summed E-state index contributed by atoms with van der Waals surface area (Å²) in [6.45, 7) is 0.00321. The monoisotopic (exact) mass is 359 g/mol. The van der Waals surface area contributed by atoms with E-state index in [1.807, 2.05) is 12.1 Å². The second kappa shape index (κ2) is 8.30. The lowest BCUT2D eigenvalue weighted by molar-refractivity contribution is -0.122. The molecule has 2 aromatic rings. The Morgan fingerprint density at radius 2 is 1.84 bits per heavy atom. The molecule has 1 fully saturated rings. The van der Waals surface area contributed by atoms with Gasteiger partial charge in [0.15, 0.2) is 0 Å². The van der Waals surface area contributed by atoms with Crippen molar-refractivity contribution >= 4 is 17.5 Å². The predicted octanol–water partition coefficient (Wildman–Crippen LogP) is 3.40. The average Bonchev–Trinajstić information content (AvgIpc) is 2.86. The topological polar surface area (TPSA) is 64.0 Å². The Bertz CT molecular complexity index is 778. The van der Waals surface area contributed by atoms with E-state index in [9.17, 15) is 9.59 Å². The maximum absolute atomic E-state index is 12.3. The van der Waals surface area contributed by atoms with Crippen molar-refractivity contribution in [3.8, 4) is 11.3 Å². The molecule has 5 nitrogen and oxygen atoms in total. The normalized spacial score (nSPS) is 15.6. The van der Waals surface area contributed by atoms with Crippen LogP contribution in [0.4, 0.5) is 0 Å². The Hall–Kier alpha value is -2.14. The molecule has 1 saturated carbocycles. The third kappa shape index (κ3) is 4.92. The van der Waals surface area contributed by atoms with E-state index in [0.29, 0.717) is 10.7 Å². The second-order valence-corrected chi connectivity index (χ2v) is 6.94. The van der Waals surface area contributed by atoms with E-state index in [1.54, 1.807) is 12.1 Å². The quantitative estimate of drug-likeness (QED) is 0.851. The minimum absolute atomic E-state index is 0.00321. The molecule has 0 aliphatic heterocycles. The van der Waals surface area contributed by atoms with Gasteiger partial charge in [-0.15, -0.1) is 0 Å². The molecule has 0 saturated heterocycles. The van der Waals surface area contributed by atoms with Crippen LogP contribution in [-0.2, 0) is 11.3 Å². The van der Waals surface area contributed by atoms with Crippen LogP contribution in [0.25, 0.3) is 11.3 Å². The fourth-order valence-corrected chi connectivity index (χ4v) is 3.30. The van der Waals surface area contributed by atoms with E-state index >= 15 is 0 Å². The third-order valence-corrected chi connectivity index (χ3v) is 4.81. The molecule has 0 atom stereocenters. The molecule has 0 spiro atoms. The summed E-state index contributed by atoms with van der Waals surface area (Å²) >= 11 is 5.87. The molecule has 1 amide bonds. The molecule has 1 aliphatic rings. The summed E-state index contributed by atoms with van der Waals surface area (Å²) in [6.07, 6.45) is 8.26. The van der Waals surface area contributed by atoms with E-state index in [1.165, 1.54) is 29.8 Å². The summed E-state index contributed by atoms with van der Waals surface area (Å²) in [7, 11) is 0. The van der Waals surface area contributed by atoms with E-state index in [-0.39, 0.29) is 24.1 Å². The molecule has 1 aromatic carbocycles. The minimum atomic E-state index is -0.240. The van der Waals surface area contributed by atoms with Gasteiger partial charge in [0, 0.05) is 22.7 Å². The number of benzene rings is 1. The highest BCUT2D eigenvalue weighted by molar-refractivity contribution is 6.30. The van der Waals surface area contributed by atoms with Gasteiger partial charge in [-0.25, -0.2) is 4.98 Å². The molecule has 0 unspecified atom stereocenters. The first-order valence-electron chi connectivity index (χ1n) is 8.73. The number of halogens is 1. The number of carbonyl (C=O) groups excluding carboxylic acids is 1. The van der Waals surface area contributed by atoms with Crippen LogP contribution in [0.1, 0.15) is 38.5 Å². The summed E-state index contributed by atoms with van der Waals surface area (Å²) in [5.41, 5.74) is 1.15. The largest absolute Gasteiger partial charge is 0.352 e. The molecule has 0 radical (unpaired) electrons. The molecule has 25 heavy (non-hydrogen) atoms. The van der Waals surface area contributed by atoms with Gasteiger partial charge in [0.05, 0.1) is 12.0 Å². The lowest BCUT2D eigenvalue weighted by Crippen LogP contribution is -2.38. The van der Waals surface area contributed by atoms with Crippen molar-refractivity contribution in [3.05, 3.63) is 52.0 Å². The molecule has 1 aliphatic carbocycles. The van der Waals surface area contributed by atoms with Crippen LogP contribution in [0.5, 0.6) is 0 Å². The zero-order valence-corrected chi connectivity index (χ0v) is 14.8. The Kier molecular flexibility index (Phi) is 5.87. The van der Waals surface area contributed by atoms with Crippen molar-refractivity contribution in [2.24, 2.45) is 0 Å². The van der Waals surface area contributed by atoms with Crippen molar-refractivity contribution in [1.82, 2.24) is 14.9 Å². The maximum atomic E-state index is 12.3. The molecule has 1 aromatic heterocycles. The van der Waals surface area contributed by atoms with Crippen LogP contribution >= 0.6 is 11.6 Å². The number of aromatic nitrogens is 2. The van der Waals surface area contributed by atoms with E-state index < -0.39 is 0 Å². The van der Waals surface area contributed by atoms with Crippen LogP contribution in [0.2, 0.25) is 5.02 Å². The highest BCUT2D eigenvalue weighted by Gasteiger charge is 2.15. The van der Waals surface area contributed by atoms with E-state index in [4.69, 9.17) is 11.6 Å². The standard InChI is InChI=1S/C19H22ClN3O2/c20-15-9-7-14(8-10-15)17-11-19(25)23(13-21-17)12-18(24)22-16-5-3-1-2-4-6-16/h7-11,13,16H,1-6,12H2,(H,22,24). The SMILES string of the molecule is O=C(Cn1cnc(-c2ccc(Cl)cc2)cc1=O)NC1CCCCCC1. The van der Waals surface area contributed by atoms with Crippen LogP contribution in [0.15, 0.2) is 41.5 Å². The first kappa shape index (κ1) is 17.7. The van der Waals surface area contributed by atoms with Gasteiger partial charge in [-0.2, -0.15) is 0 Å². The van der Waals surface area contributed by atoms with Crippen molar-refractivity contribution in [2.75, 3.05) is 0 Å². The molecule has 1 heterocycles. The number of rotatable bonds is 4. The summed E-state index contributed by atoms with van der Waals surface area (Å²) in [5.74, 6) is -0.130. The number of hydrogen-bond acceptors (Lipinski definition) is 3. The second-order valence-electron chi connectivity index (χ2n) is 6.50. The molecule has 6 heteroatoms. The van der Waals surface area contributed by atoms with Gasteiger partial charge in [0.25, 0.3) is 5.56 Å². The maximum Gasteiger partial charge on any atom is 0.254 e. The fourth-order valence-electron chi connectivity index (χ4n) is 3.17. The van der Waals surface area contributed by atoms with Crippen LogP contribution in [0, 0.1) is 0 Å². The first-order valence-corrected chi connectivity index (χ1v) is 9.11. The third-order valence-electron chi connectivity index (χ3n) is 4.55.